The Hall–Kier alpha value is -2.43. The summed E-state index contributed by atoms with van der Waals surface area (Å²) >= 11 is 1.55. The van der Waals surface area contributed by atoms with Gasteiger partial charge in [-0.1, -0.05) is 30.3 Å². The van der Waals surface area contributed by atoms with Gasteiger partial charge in [-0.05, 0) is 55.6 Å². The zero-order valence-electron chi connectivity index (χ0n) is 18.9. The highest BCUT2D eigenvalue weighted by Gasteiger charge is 2.38. The number of rotatable bonds is 6. The van der Waals surface area contributed by atoms with Gasteiger partial charge in [-0.3, -0.25) is 4.90 Å². The van der Waals surface area contributed by atoms with E-state index in [-0.39, 0.29) is 24.3 Å². The summed E-state index contributed by atoms with van der Waals surface area (Å²) in [6.45, 7) is 2.92. The van der Waals surface area contributed by atoms with Crippen LogP contribution in [0.1, 0.15) is 51.8 Å². The maximum atomic E-state index is 13.3. The predicted octanol–water partition coefficient (Wildman–Crippen LogP) is 7.41. The quantitative estimate of drug-likeness (QED) is 0.320. The van der Waals surface area contributed by atoms with Crippen LogP contribution in [0.2, 0.25) is 0 Å². The van der Waals surface area contributed by atoms with E-state index in [0.717, 1.165) is 41.4 Å². The molecule has 1 fully saturated rings. The predicted molar refractivity (Wildman–Crippen MR) is 121 cm³/mol. The van der Waals surface area contributed by atoms with E-state index in [9.17, 15) is 26.3 Å². The summed E-state index contributed by atoms with van der Waals surface area (Å²) in [5, 5.41) is 2.91. The molecule has 2 unspecified atom stereocenters. The lowest BCUT2D eigenvalue weighted by atomic mass is 9.92. The third-order valence-corrected chi connectivity index (χ3v) is 6.89. The summed E-state index contributed by atoms with van der Waals surface area (Å²) in [6, 6.07) is 11.0. The van der Waals surface area contributed by atoms with Crippen LogP contribution >= 0.6 is 11.3 Å². The van der Waals surface area contributed by atoms with Crippen molar-refractivity contribution in [3.8, 4) is 0 Å². The summed E-state index contributed by atoms with van der Waals surface area (Å²) < 4.78 is 85.6. The molecule has 0 amide bonds. The van der Waals surface area contributed by atoms with Gasteiger partial charge < -0.3 is 4.74 Å². The molecule has 0 saturated carbocycles. The molecule has 0 aliphatic carbocycles. The number of aryl methyl sites for hydroxylation is 1. The number of piperidine rings is 1. The third kappa shape index (κ3) is 6.42. The van der Waals surface area contributed by atoms with Gasteiger partial charge in [-0.2, -0.15) is 26.3 Å². The summed E-state index contributed by atoms with van der Waals surface area (Å²) in [7, 11) is 0. The number of halogens is 6. The first-order valence-electron chi connectivity index (χ1n) is 11.1. The molecule has 1 saturated heterocycles. The fourth-order valence-electron chi connectivity index (χ4n) is 4.41. The summed E-state index contributed by atoms with van der Waals surface area (Å²) in [4.78, 5) is 6.76. The average molecular weight is 515 g/mol. The van der Waals surface area contributed by atoms with Crippen molar-refractivity contribution in [3.05, 3.63) is 86.9 Å². The van der Waals surface area contributed by atoms with E-state index in [1.54, 1.807) is 11.3 Å². The average Bonchev–Trinajstić information content (AvgIpc) is 3.21. The lowest BCUT2D eigenvalue weighted by Gasteiger charge is -2.41. The smallest absolute Gasteiger partial charge is 0.372 e. The number of hydrogen-bond acceptors (Lipinski definition) is 4. The van der Waals surface area contributed by atoms with Crippen LogP contribution < -0.4 is 0 Å². The molecule has 35 heavy (non-hydrogen) atoms. The largest absolute Gasteiger partial charge is 0.416 e. The summed E-state index contributed by atoms with van der Waals surface area (Å²) in [5.41, 5.74) is -0.932. The Balaban J connectivity index is 1.59. The van der Waals surface area contributed by atoms with Crippen LogP contribution in [-0.4, -0.2) is 22.5 Å². The van der Waals surface area contributed by atoms with E-state index in [1.807, 2.05) is 42.6 Å². The molecule has 1 aliphatic rings. The molecular formula is C25H24F6N2OS. The topological polar surface area (TPSA) is 25.4 Å². The van der Waals surface area contributed by atoms with Crippen molar-refractivity contribution in [1.29, 1.82) is 0 Å². The molecule has 1 aromatic heterocycles. The molecule has 0 N–H and O–H groups in total. The Bertz CT molecular complexity index is 1100. The third-order valence-electron chi connectivity index (χ3n) is 5.94. The van der Waals surface area contributed by atoms with Crippen LogP contribution in [-0.2, 0) is 30.2 Å². The van der Waals surface area contributed by atoms with Gasteiger partial charge in [0.1, 0.15) is 5.01 Å². The van der Waals surface area contributed by atoms with Crippen molar-refractivity contribution in [3.63, 3.8) is 0 Å². The highest BCUT2D eigenvalue weighted by atomic mass is 32.1. The minimum Gasteiger partial charge on any atom is -0.372 e. The first kappa shape index (κ1) is 25.7. The van der Waals surface area contributed by atoms with Gasteiger partial charge in [-0.25, -0.2) is 4.98 Å². The van der Waals surface area contributed by atoms with Gasteiger partial charge >= 0.3 is 12.4 Å². The molecule has 0 bridgehead atoms. The number of nitrogens with zero attached hydrogens (tertiary/aromatic N) is 2. The number of benzene rings is 2. The van der Waals surface area contributed by atoms with Crippen LogP contribution in [0.15, 0.2) is 53.9 Å². The van der Waals surface area contributed by atoms with Gasteiger partial charge in [-0.15, -0.1) is 11.3 Å². The Morgan fingerprint density at radius 1 is 1.00 bits per heavy atom. The van der Waals surface area contributed by atoms with E-state index in [2.05, 4.69) is 9.88 Å². The van der Waals surface area contributed by atoms with Crippen molar-refractivity contribution in [2.45, 2.75) is 57.4 Å². The molecule has 4 rings (SSSR count). The van der Waals surface area contributed by atoms with Gasteiger partial charge in [0.25, 0.3) is 0 Å². The molecule has 188 valence electrons. The lowest BCUT2D eigenvalue weighted by molar-refractivity contribution is -0.143. The number of thiazole rings is 1. The van der Waals surface area contributed by atoms with Crippen LogP contribution in [0.5, 0.6) is 0 Å². The Labute approximate surface area is 203 Å². The number of ether oxygens (including phenoxy) is 1. The zero-order valence-corrected chi connectivity index (χ0v) is 19.7. The first-order chi connectivity index (χ1) is 16.5. The van der Waals surface area contributed by atoms with Gasteiger partial charge in [0.2, 0.25) is 0 Å². The van der Waals surface area contributed by atoms with Crippen LogP contribution in [0.4, 0.5) is 26.3 Å². The number of aromatic nitrogens is 1. The van der Waals surface area contributed by atoms with Crippen LogP contribution in [0.25, 0.3) is 0 Å². The lowest BCUT2D eigenvalue weighted by Crippen LogP contribution is -2.42. The fourth-order valence-corrected chi connectivity index (χ4v) is 5.21. The highest BCUT2D eigenvalue weighted by molar-refractivity contribution is 7.09. The van der Waals surface area contributed by atoms with E-state index in [0.29, 0.717) is 13.0 Å². The standard InChI is InChI=1S/C25H24F6N2OS/c1-16-15-35-22(32-16)13-33-9-5-8-21(23(33)18-6-3-2-4-7-18)34-14-17-10-19(24(26,27)28)12-20(11-17)25(29,30)31/h2-4,6-7,10-12,15,21,23H,5,8-9,13-14H2,1H3. The second-order valence-electron chi connectivity index (χ2n) is 8.61. The molecule has 0 radical (unpaired) electrons. The molecule has 3 nitrogen and oxygen atoms in total. The van der Waals surface area contributed by atoms with Gasteiger partial charge in [0.05, 0.1) is 36.4 Å². The first-order valence-corrected chi connectivity index (χ1v) is 12.0. The maximum absolute atomic E-state index is 13.3. The minimum absolute atomic E-state index is 0.134. The van der Waals surface area contributed by atoms with Crippen molar-refractivity contribution >= 4 is 11.3 Å². The molecule has 2 atom stereocenters. The maximum Gasteiger partial charge on any atom is 0.416 e. The van der Waals surface area contributed by atoms with Gasteiger partial charge in [0, 0.05) is 11.1 Å². The molecule has 1 aliphatic heterocycles. The normalized spacial score (nSPS) is 19.7. The van der Waals surface area contributed by atoms with E-state index in [4.69, 9.17) is 4.74 Å². The van der Waals surface area contributed by atoms with E-state index < -0.39 is 29.6 Å². The van der Waals surface area contributed by atoms with Crippen molar-refractivity contribution < 1.29 is 31.1 Å². The molecule has 0 spiro atoms. The molecule has 10 heteroatoms. The Kier molecular flexibility index (Phi) is 7.54. The summed E-state index contributed by atoms with van der Waals surface area (Å²) in [5.74, 6) is 0. The second-order valence-corrected chi connectivity index (χ2v) is 9.56. The second kappa shape index (κ2) is 10.3. The minimum atomic E-state index is -4.89. The van der Waals surface area contributed by atoms with E-state index in [1.165, 1.54) is 0 Å². The van der Waals surface area contributed by atoms with Crippen LogP contribution in [0, 0.1) is 6.92 Å². The SMILES string of the molecule is Cc1csc(CN2CCCC(OCc3cc(C(F)(F)F)cc(C(F)(F)F)c3)C2c2ccccc2)n1. The number of alkyl halides is 6. The molecule has 2 heterocycles. The van der Waals surface area contributed by atoms with Crippen molar-refractivity contribution in [2.75, 3.05) is 6.54 Å². The zero-order chi connectivity index (χ0) is 25.2. The monoisotopic (exact) mass is 514 g/mol. The number of hydrogen-bond donors (Lipinski definition) is 0. The summed E-state index contributed by atoms with van der Waals surface area (Å²) in [6.07, 6.45) is -8.77. The molecule has 3 aromatic rings. The highest BCUT2D eigenvalue weighted by Crippen LogP contribution is 2.38. The fraction of sp³-hybridized carbons (Fsp3) is 0.400. The Morgan fingerprint density at radius 2 is 1.66 bits per heavy atom. The van der Waals surface area contributed by atoms with E-state index >= 15 is 0 Å². The van der Waals surface area contributed by atoms with Gasteiger partial charge in [0.15, 0.2) is 0 Å². The Morgan fingerprint density at radius 3 is 2.23 bits per heavy atom. The molecule has 2 aromatic carbocycles. The number of likely N-dealkylation sites (tertiary alicyclic amines) is 1. The van der Waals surface area contributed by atoms with Crippen LogP contribution in [0.3, 0.4) is 0 Å². The van der Waals surface area contributed by atoms with Crippen molar-refractivity contribution in [1.82, 2.24) is 9.88 Å². The molecular weight excluding hydrogens is 490 g/mol. The van der Waals surface area contributed by atoms with Crippen molar-refractivity contribution in [2.24, 2.45) is 0 Å².